The van der Waals surface area contributed by atoms with Gasteiger partial charge in [-0.2, -0.15) is 0 Å². The lowest BCUT2D eigenvalue weighted by molar-refractivity contribution is 0.271. The van der Waals surface area contributed by atoms with E-state index in [2.05, 4.69) is 22.2 Å². The van der Waals surface area contributed by atoms with Crippen molar-refractivity contribution in [3.05, 3.63) is 22.2 Å². The van der Waals surface area contributed by atoms with Crippen LogP contribution in [-0.4, -0.2) is 22.1 Å². The van der Waals surface area contributed by atoms with Gasteiger partial charge in [0.25, 0.3) is 5.56 Å². The zero-order valence-electron chi connectivity index (χ0n) is 11.8. The molecule has 2 rings (SSSR count). The monoisotopic (exact) mass is 264 g/mol. The van der Waals surface area contributed by atoms with Gasteiger partial charge >= 0.3 is 0 Å². The van der Waals surface area contributed by atoms with E-state index in [4.69, 9.17) is 5.73 Å². The highest BCUT2D eigenvalue weighted by Crippen LogP contribution is 2.33. The smallest absolute Gasteiger partial charge is 0.252 e. The molecule has 0 aromatic carbocycles. The summed E-state index contributed by atoms with van der Waals surface area (Å²) in [5, 5.41) is 3.42. The van der Waals surface area contributed by atoms with Gasteiger partial charge in [0, 0.05) is 19.0 Å². The van der Waals surface area contributed by atoms with E-state index in [1.165, 1.54) is 18.9 Å². The van der Waals surface area contributed by atoms with E-state index in [-0.39, 0.29) is 11.1 Å². The molecule has 1 aromatic heterocycles. The van der Waals surface area contributed by atoms with Crippen molar-refractivity contribution in [3.8, 4) is 0 Å². The fourth-order valence-electron chi connectivity index (χ4n) is 2.71. The molecule has 0 radical (unpaired) electrons. The quantitative estimate of drug-likeness (QED) is 0.772. The molecule has 0 atom stereocenters. The Bertz CT molecular complexity index is 475. The predicted octanol–water partition coefficient (Wildman–Crippen LogP) is 1.65. The molecule has 1 fully saturated rings. The van der Waals surface area contributed by atoms with Crippen LogP contribution in [0.4, 0.5) is 5.82 Å². The Morgan fingerprint density at radius 3 is 2.79 bits per heavy atom. The molecule has 5 nitrogen and oxygen atoms in total. The lowest BCUT2D eigenvalue weighted by Crippen LogP contribution is -2.48. The Hall–Kier alpha value is -1.36. The zero-order chi connectivity index (χ0) is 13.9. The van der Waals surface area contributed by atoms with Crippen LogP contribution in [0, 0.1) is 5.92 Å². The highest BCUT2D eigenvalue weighted by molar-refractivity contribution is 5.37. The summed E-state index contributed by atoms with van der Waals surface area (Å²) in [7, 11) is 0. The molecular formula is C14H24N4O. The van der Waals surface area contributed by atoms with Crippen LogP contribution < -0.4 is 16.6 Å². The Morgan fingerprint density at radius 1 is 1.53 bits per heavy atom. The summed E-state index contributed by atoms with van der Waals surface area (Å²) in [6.07, 6.45) is 5.15. The number of rotatable bonds is 4. The predicted molar refractivity (Wildman–Crippen MR) is 77.3 cm³/mol. The lowest BCUT2D eigenvalue weighted by Gasteiger charge is -2.39. The van der Waals surface area contributed by atoms with E-state index in [1.807, 2.05) is 6.92 Å². The summed E-state index contributed by atoms with van der Waals surface area (Å²) in [6.45, 7) is 4.83. The summed E-state index contributed by atoms with van der Waals surface area (Å²) in [6, 6.07) is 1.52. The Kier molecular flexibility index (Phi) is 4.24. The van der Waals surface area contributed by atoms with Gasteiger partial charge in [-0.1, -0.05) is 13.8 Å². The van der Waals surface area contributed by atoms with E-state index in [0.717, 1.165) is 25.2 Å². The number of hydrogen-bond donors (Lipinski definition) is 3. The average Bonchev–Trinajstić information content (AvgIpc) is 2.41. The molecule has 4 N–H and O–H groups in total. The number of hydrogen-bond acceptors (Lipinski definition) is 4. The molecule has 1 aromatic rings. The van der Waals surface area contributed by atoms with E-state index in [0.29, 0.717) is 18.2 Å². The van der Waals surface area contributed by atoms with Crippen LogP contribution in [0.15, 0.2) is 10.9 Å². The van der Waals surface area contributed by atoms with E-state index < -0.39 is 0 Å². The van der Waals surface area contributed by atoms with Crippen molar-refractivity contribution in [2.75, 3.05) is 11.9 Å². The van der Waals surface area contributed by atoms with Crippen LogP contribution >= 0.6 is 0 Å². The third-order valence-electron chi connectivity index (χ3n) is 4.14. The van der Waals surface area contributed by atoms with Gasteiger partial charge in [-0.05, 0) is 31.6 Å². The second-order valence-electron chi connectivity index (χ2n) is 5.72. The van der Waals surface area contributed by atoms with Gasteiger partial charge < -0.3 is 16.0 Å². The molecule has 1 saturated carbocycles. The molecule has 0 spiro atoms. The second kappa shape index (κ2) is 5.74. The van der Waals surface area contributed by atoms with Gasteiger partial charge in [-0.15, -0.1) is 0 Å². The molecule has 19 heavy (non-hydrogen) atoms. The molecule has 5 heteroatoms. The fraction of sp³-hybridized carbons (Fsp3) is 0.714. The number of aryl methyl sites for hydroxylation is 1. The van der Waals surface area contributed by atoms with Crippen LogP contribution in [0.25, 0.3) is 0 Å². The van der Waals surface area contributed by atoms with Crippen molar-refractivity contribution in [1.29, 1.82) is 0 Å². The maximum atomic E-state index is 11.6. The normalized spacial score (nSPS) is 27.2. The zero-order valence-corrected chi connectivity index (χ0v) is 11.8. The first kappa shape index (κ1) is 14.1. The number of H-pyrrole nitrogens is 1. The van der Waals surface area contributed by atoms with Gasteiger partial charge in [-0.3, -0.25) is 4.79 Å². The van der Waals surface area contributed by atoms with E-state index in [1.54, 1.807) is 0 Å². The van der Waals surface area contributed by atoms with Crippen LogP contribution in [0.5, 0.6) is 0 Å². The van der Waals surface area contributed by atoms with Crippen molar-refractivity contribution >= 4 is 5.82 Å². The number of nitrogens with two attached hydrogens (primary N) is 1. The number of anilines is 1. The topological polar surface area (TPSA) is 83.8 Å². The van der Waals surface area contributed by atoms with Crippen LogP contribution in [0.2, 0.25) is 0 Å². The van der Waals surface area contributed by atoms with Crippen LogP contribution in [-0.2, 0) is 6.42 Å². The minimum atomic E-state index is -0.106. The van der Waals surface area contributed by atoms with Crippen molar-refractivity contribution < 1.29 is 0 Å². The molecule has 0 bridgehead atoms. The van der Waals surface area contributed by atoms with Gasteiger partial charge in [0.05, 0.1) is 5.54 Å². The van der Waals surface area contributed by atoms with Crippen molar-refractivity contribution in [2.24, 2.45) is 11.7 Å². The minimum Gasteiger partial charge on any atom is -0.363 e. The Labute approximate surface area is 114 Å². The van der Waals surface area contributed by atoms with Gasteiger partial charge in [-0.25, -0.2) is 4.98 Å². The third-order valence-corrected chi connectivity index (χ3v) is 4.14. The van der Waals surface area contributed by atoms with Gasteiger partial charge in [0.2, 0.25) is 0 Å². The molecule has 1 aliphatic carbocycles. The summed E-state index contributed by atoms with van der Waals surface area (Å²) in [5.74, 6) is 2.13. The number of aromatic nitrogens is 2. The van der Waals surface area contributed by atoms with Crippen LogP contribution in [0.3, 0.4) is 0 Å². The molecule has 1 aliphatic rings. The third kappa shape index (κ3) is 3.35. The summed E-state index contributed by atoms with van der Waals surface area (Å²) in [5.41, 5.74) is 5.76. The molecular weight excluding hydrogens is 240 g/mol. The largest absolute Gasteiger partial charge is 0.363 e. The maximum Gasteiger partial charge on any atom is 0.252 e. The lowest BCUT2D eigenvalue weighted by atomic mass is 9.77. The first-order valence-corrected chi connectivity index (χ1v) is 7.15. The highest BCUT2D eigenvalue weighted by Gasteiger charge is 2.33. The molecule has 0 saturated heterocycles. The Morgan fingerprint density at radius 2 is 2.21 bits per heavy atom. The number of aromatic amines is 1. The maximum absolute atomic E-state index is 11.6. The van der Waals surface area contributed by atoms with Crippen molar-refractivity contribution in [3.63, 3.8) is 0 Å². The minimum absolute atomic E-state index is 0.0989. The van der Waals surface area contributed by atoms with Crippen molar-refractivity contribution in [2.45, 2.75) is 51.5 Å². The van der Waals surface area contributed by atoms with Gasteiger partial charge in [0.1, 0.15) is 11.6 Å². The standard InChI is InChI=1S/C14H24N4O/c1-3-11-16-12(8-13(19)17-11)18-14(9-15)6-4-10(2)5-7-14/h8,10H,3-7,9,15H2,1-2H3,(H2,16,17,18,19). The fourth-order valence-corrected chi connectivity index (χ4v) is 2.71. The highest BCUT2D eigenvalue weighted by atomic mass is 16.1. The van der Waals surface area contributed by atoms with Crippen LogP contribution in [0.1, 0.15) is 45.4 Å². The molecule has 0 aliphatic heterocycles. The average molecular weight is 264 g/mol. The summed E-state index contributed by atoms with van der Waals surface area (Å²) in [4.78, 5) is 18.8. The summed E-state index contributed by atoms with van der Waals surface area (Å²) < 4.78 is 0. The van der Waals surface area contributed by atoms with E-state index >= 15 is 0 Å². The SMILES string of the molecule is CCc1nc(NC2(CN)CCC(C)CC2)cc(=O)[nH]1. The first-order valence-electron chi connectivity index (χ1n) is 7.15. The van der Waals surface area contributed by atoms with Crippen molar-refractivity contribution in [1.82, 2.24) is 9.97 Å². The number of nitrogens with one attached hydrogen (secondary N) is 2. The molecule has 106 valence electrons. The van der Waals surface area contributed by atoms with Gasteiger partial charge in [0.15, 0.2) is 0 Å². The molecule has 0 amide bonds. The van der Waals surface area contributed by atoms with E-state index in [9.17, 15) is 4.79 Å². The second-order valence-corrected chi connectivity index (χ2v) is 5.72. The number of nitrogens with zero attached hydrogens (tertiary/aromatic N) is 1. The summed E-state index contributed by atoms with van der Waals surface area (Å²) >= 11 is 0. The molecule has 1 heterocycles. The molecule has 0 unspecified atom stereocenters. The first-order chi connectivity index (χ1) is 9.07. The Balaban J connectivity index is 2.18.